The number of anilines is 1. The Bertz CT molecular complexity index is 517. The second-order valence-electron chi connectivity index (χ2n) is 6.02. The van der Waals surface area contributed by atoms with Gasteiger partial charge in [-0.15, -0.1) is 10.2 Å². The van der Waals surface area contributed by atoms with Crippen LogP contribution in [0.15, 0.2) is 5.16 Å². The van der Waals surface area contributed by atoms with E-state index in [0.717, 1.165) is 30.7 Å². The van der Waals surface area contributed by atoms with Gasteiger partial charge in [-0.05, 0) is 5.92 Å². The molecule has 0 atom stereocenters. The standard InChI is InChI=1S/C15H27N5O3S/c1-12(2)10-20-14(19-5-8-23-9-6-19)17-18-15(20)24-11-13(21)16-4-7-22-3/h12H,4-11H2,1-3H3,(H,16,21). The van der Waals surface area contributed by atoms with E-state index in [9.17, 15) is 4.79 Å². The number of hydrogen-bond acceptors (Lipinski definition) is 7. The van der Waals surface area contributed by atoms with Crippen molar-refractivity contribution < 1.29 is 14.3 Å². The molecular formula is C15H27N5O3S. The maximum atomic E-state index is 11.9. The fourth-order valence-electron chi connectivity index (χ4n) is 2.38. The van der Waals surface area contributed by atoms with E-state index >= 15 is 0 Å². The van der Waals surface area contributed by atoms with Crippen molar-refractivity contribution in [2.24, 2.45) is 5.92 Å². The Balaban J connectivity index is 2.00. The normalized spacial score (nSPS) is 15.1. The molecule has 0 aromatic carbocycles. The second-order valence-corrected chi connectivity index (χ2v) is 6.96. The van der Waals surface area contributed by atoms with Gasteiger partial charge < -0.3 is 19.7 Å². The Kier molecular flexibility index (Phi) is 7.80. The number of rotatable bonds is 9. The van der Waals surface area contributed by atoms with E-state index in [4.69, 9.17) is 9.47 Å². The third-order valence-electron chi connectivity index (χ3n) is 3.50. The molecule has 0 bridgehead atoms. The van der Waals surface area contributed by atoms with Gasteiger partial charge in [-0.3, -0.25) is 9.36 Å². The summed E-state index contributed by atoms with van der Waals surface area (Å²) < 4.78 is 12.4. The molecule has 0 radical (unpaired) electrons. The number of nitrogens with one attached hydrogen (secondary N) is 1. The number of carbonyl (C=O) groups excluding carboxylic acids is 1. The van der Waals surface area contributed by atoms with Crippen molar-refractivity contribution in [2.45, 2.75) is 25.5 Å². The number of nitrogens with zero attached hydrogens (tertiary/aromatic N) is 4. The molecule has 136 valence electrons. The number of morpholine rings is 1. The molecule has 1 N–H and O–H groups in total. The summed E-state index contributed by atoms with van der Waals surface area (Å²) in [5.41, 5.74) is 0. The van der Waals surface area contributed by atoms with E-state index in [1.54, 1.807) is 7.11 Å². The minimum atomic E-state index is -0.0240. The largest absolute Gasteiger partial charge is 0.383 e. The van der Waals surface area contributed by atoms with Crippen molar-refractivity contribution >= 4 is 23.6 Å². The average Bonchev–Trinajstić information content (AvgIpc) is 2.96. The molecule has 0 saturated carbocycles. The Morgan fingerprint density at radius 1 is 1.38 bits per heavy atom. The molecule has 1 fully saturated rings. The number of methoxy groups -OCH3 is 1. The Hall–Kier alpha value is -1.32. The number of thioether (sulfide) groups is 1. The molecule has 1 saturated heterocycles. The summed E-state index contributed by atoms with van der Waals surface area (Å²) in [4.78, 5) is 14.1. The van der Waals surface area contributed by atoms with Crippen LogP contribution in [0, 0.1) is 5.92 Å². The van der Waals surface area contributed by atoms with Crippen LogP contribution in [-0.4, -0.2) is 73.0 Å². The smallest absolute Gasteiger partial charge is 0.230 e. The molecule has 1 aliphatic rings. The Morgan fingerprint density at radius 3 is 2.79 bits per heavy atom. The van der Waals surface area contributed by atoms with E-state index in [1.165, 1.54) is 11.8 Å². The molecule has 0 aliphatic carbocycles. The van der Waals surface area contributed by atoms with Gasteiger partial charge in [0.2, 0.25) is 11.9 Å². The second kappa shape index (κ2) is 9.85. The zero-order valence-corrected chi connectivity index (χ0v) is 15.5. The third-order valence-corrected chi connectivity index (χ3v) is 4.47. The van der Waals surface area contributed by atoms with Crippen molar-refractivity contribution in [1.29, 1.82) is 0 Å². The molecule has 8 nitrogen and oxygen atoms in total. The lowest BCUT2D eigenvalue weighted by molar-refractivity contribution is -0.118. The summed E-state index contributed by atoms with van der Waals surface area (Å²) in [6.45, 7) is 9.24. The van der Waals surface area contributed by atoms with Gasteiger partial charge in [-0.2, -0.15) is 0 Å². The lowest BCUT2D eigenvalue weighted by Crippen LogP contribution is -2.38. The third kappa shape index (κ3) is 5.64. The molecule has 9 heteroatoms. The van der Waals surface area contributed by atoms with Gasteiger partial charge in [0.1, 0.15) is 0 Å². The van der Waals surface area contributed by atoms with Gasteiger partial charge in [0.05, 0.1) is 25.6 Å². The van der Waals surface area contributed by atoms with Crippen LogP contribution in [0.5, 0.6) is 0 Å². The number of carbonyl (C=O) groups is 1. The fraction of sp³-hybridized carbons (Fsp3) is 0.800. The number of ether oxygens (including phenoxy) is 2. The van der Waals surface area contributed by atoms with Gasteiger partial charge in [0.25, 0.3) is 0 Å². The maximum absolute atomic E-state index is 11.9. The number of amides is 1. The van der Waals surface area contributed by atoms with Crippen molar-refractivity contribution in [3.05, 3.63) is 0 Å². The predicted molar refractivity (Wildman–Crippen MR) is 93.5 cm³/mol. The topological polar surface area (TPSA) is 81.5 Å². The summed E-state index contributed by atoms with van der Waals surface area (Å²) in [6.07, 6.45) is 0. The minimum absolute atomic E-state index is 0.0240. The zero-order valence-electron chi connectivity index (χ0n) is 14.7. The van der Waals surface area contributed by atoms with Crippen molar-refractivity contribution in [1.82, 2.24) is 20.1 Å². The Morgan fingerprint density at radius 2 is 2.12 bits per heavy atom. The lowest BCUT2D eigenvalue weighted by atomic mass is 10.2. The molecule has 1 aromatic rings. The molecule has 24 heavy (non-hydrogen) atoms. The van der Waals surface area contributed by atoms with Crippen molar-refractivity contribution in [2.75, 3.05) is 57.2 Å². The minimum Gasteiger partial charge on any atom is -0.383 e. The van der Waals surface area contributed by atoms with Gasteiger partial charge in [-0.25, -0.2) is 0 Å². The lowest BCUT2D eigenvalue weighted by Gasteiger charge is -2.28. The number of aromatic nitrogens is 3. The first-order valence-electron chi connectivity index (χ1n) is 8.26. The summed E-state index contributed by atoms with van der Waals surface area (Å²) in [6, 6.07) is 0. The first-order chi connectivity index (χ1) is 11.6. The molecule has 2 rings (SSSR count). The molecule has 1 amide bonds. The molecule has 0 spiro atoms. The summed E-state index contributed by atoms with van der Waals surface area (Å²) in [5, 5.41) is 12.3. The molecule has 1 aromatic heterocycles. The molecule has 2 heterocycles. The van der Waals surface area contributed by atoms with Crippen LogP contribution in [0.25, 0.3) is 0 Å². The van der Waals surface area contributed by atoms with E-state index in [2.05, 4.69) is 38.8 Å². The van der Waals surface area contributed by atoms with Gasteiger partial charge in [0.15, 0.2) is 5.16 Å². The fourth-order valence-corrected chi connectivity index (χ4v) is 3.16. The highest BCUT2D eigenvalue weighted by Gasteiger charge is 2.21. The summed E-state index contributed by atoms with van der Waals surface area (Å²) in [5.74, 6) is 1.64. The van der Waals surface area contributed by atoms with Crippen molar-refractivity contribution in [3.63, 3.8) is 0 Å². The molecular weight excluding hydrogens is 330 g/mol. The van der Waals surface area contributed by atoms with Crippen LogP contribution in [0.1, 0.15) is 13.8 Å². The van der Waals surface area contributed by atoms with Crippen LogP contribution in [0.2, 0.25) is 0 Å². The quantitative estimate of drug-likeness (QED) is 0.513. The summed E-state index contributed by atoms with van der Waals surface area (Å²) in [7, 11) is 1.61. The Labute approximate surface area is 147 Å². The highest BCUT2D eigenvalue weighted by molar-refractivity contribution is 7.99. The monoisotopic (exact) mass is 357 g/mol. The SMILES string of the molecule is COCCNC(=O)CSc1nnc(N2CCOCC2)n1CC(C)C. The number of hydrogen-bond donors (Lipinski definition) is 1. The van der Waals surface area contributed by atoms with E-state index < -0.39 is 0 Å². The van der Waals surface area contributed by atoms with Crippen LogP contribution < -0.4 is 10.2 Å². The zero-order chi connectivity index (χ0) is 17.4. The van der Waals surface area contributed by atoms with Gasteiger partial charge in [0, 0.05) is 33.3 Å². The van der Waals surface area contributed by atoms with Crippen LogP contribution in [-0.2, 0) is 20.8 Å². The highest BCUT2D eigenvalue weighted by Crippen LogP contribution is 2.24. The van der Waals surface area contributed by atoms with E-state index in [-0.39, 0.29) is 5.91 Å². The van der Waals surface area contributed by atoms with Gasteiger partial charge >= 0.3 is 0 Å². The summed E-state index contributed by atoms with van der Waals surface area (Å²) >= 11 is 1.42. The van der Waals surface area contributed by atoms with Crippen LogP contribution in [0.4, 0.5) is 5.95 Å². The van der Waals surface area contributed by atoms with Crippen LogP contribution >= 0.6 is 11.8 Å². The maximum Gasteiger partial charge on any atom is 0.230 e. The highest BCUT2D eigenvalue weighted by atomic mass is 32.2. The average molecular weight is 357 g/mol. The predicted octanol–water partition coefficient (Wildman–Crippen LogP) is 0.625. The van der Waals surface area contributed by atoms with E-state index in [0.29, 0.717) is 38.0 Å². The first kappa shape index (κ1) is 19.0. The van der Waals surface area contributed by atoms with Crippen molar-refractivity contribution in [3.8, 4) is 0 Å². The first-order valence-corrected chi connectivity index (χ1v) is 9.24. The van der Waals surface area contributed by atoms with Gasteiger partial charge in [-0.1, -0.05) is 25.6 Å². The molecule has 0 unspecified atom stereocenters. The van der Waals surface area contributed by atoms with Crippen LogP contribution in [0.3, 0.4) is 0 Å². The molecule has 1 aliphatic heterocycles. The van der Waals surface area contributed by atoms with E-state index in [1.807, 2.05) is 0 Å².